The van der Waals surface area contributed by atoms with Crippen molar-refractivity contribution in [2.24, 2.45) is 0 Å². The molecule has 1 amide bonds. The molecule has 28 heavy (non-hydrogen) atoms. The Hall–Kier alpha value is -2.10. The predicted octanol–water partition coefficient (Wildman–Crippen LogP) is 2.65. The van der Waals surface area contributed by atoms with Gasteiger partial charge in [-0.15, -0.1) is 0 Å². The number of ether oxygens (including phenoxy) is 1. The number of hydrogen-bond donors (Lipinski definition) is 1. The van der Waals surface area contributed by atoms with Gasteiger partial charge in [-0.25, -0.2) is 17.9 Å². The van der Waals surface area contributed by atoms with E-state index >= 15 is 0 Å². The summed E-state index contributed by atoms with van der Waals surface area (Å²) in [5.41, 5.74) is 0.798. The first kappa shape index (κ1) is 20.6. The zero-order chi connectivity index (χ0) is 20.5. The second-order valence-electron chi connectivity index (χ2n) is 6.43. The Bertz CT molecular complexity index is 1040. The van der Waals surface area contributed by atoms with Crippen molar-refractivity contribution in [2.75, 3.05) is 23.4 Å². The number of anilines is 1. The summed E-state index contributed by atoms with van der Waals surface area (Å²) in [6.07, 6.45) is 0.429. The van der Waals surface area contributed by atoms with Gasteiger partial charge in [-0.2, -0.15) is 5.10 Å². The van der Waals surface area contributed by atoms with Crippen LogP contribution >= 0.6 is 23.2 Å². The van der Waals surface area contributed by atoms with Crippen LogP contribution in [0.15, 0.2) is 24.3 Å². The van der Waals surface area contributed by atoms with Crippen LogP contribution in [-0.4, -0.2) is 48.2 Å². The Morgan fingerprint density at radius 3 is 2.68 bits per heavy atom. The van der Waals surface area contributed by atoms with Crippen molar-refractivity contribution >= 4 is 50.7 Å². The van der Waals surface area contributed by atoms with Gasteiger partial charge in [0, 0.05) is 6.07 Å². The van der Waals surface area contributed by atoms with Gasteiger partial charge >= 0.3 is 5.97 Å². The number of amides is 1. The van der Waals surface area contributed by atoms with E-state index in [0.29, 0.717) is 23.0 Å². The maximum absolute atomic E-state index is 12.2. The van der Waals surface area contributed by atoms with E-state index in [0.717, 1.165) is 0 Å². The van der Waals surface area contributed by atoms with Crippen LogP contribution in [0.2, 0.25) is 10.0 Å². The van der Waals surface area contributed by atoms with Crippen molar-refractivity contribution in [3.05, 3.63) is 45.6 Å². The fraction of sp³-hybridized carbons (Fsp3) is 0.353. The zero-order valence-corrected chi connectivity index (χ0v) is 17.1. The summed E-state index contributed by atoms with van der Waals surface area (Å²) in [7, 11) is -3.10. The van der Waals surface area contributed by atoms with Crippen LogP contribution in [0.3, 0.4) is 0 Å². The third kappa shape index (κ3) is 4.84. The summed E-state index contributed by atoms with van der Waals surface area (Å²) in [5.74, 6) is -0.875. The number of aromatic nitrogens is 2. The van der Waals surface area contributed by atoms with Crippen molar-refractivity contribution < 1.29 is 22.7 Å². The molecule has 1 aromatic carbocycles. The molecule has 1 unspecified atom stereocenters. The van der Waals surface area contributed by atoms with Crippen molar-refractivity contribution in [3.63, 3.8) is 0 Å². The highest BCUT2D eigenvalue weighted by atomic mass is 35.5. The Labute approximate surface area is 171 Å². The van der Waals surface area contributed by atoms with Crippen LogP contribution < -0.4 is 5.32 Å². The van der Waals surface area contributed by atoms with E-state index in [2.05, 4.69) is 10.4 Å². The average Bonchev–Trinajstić information content (AvgIpc) is 3.16. The number of halogens is 2. The Morgan fingerprint density at radius 2 is 2.04 bits per heavy atom. The summed E-state index contributed by atoms with van der Waals surface area (Å²) >= 11 is 11.7. The molecule has 3 rings (SSSR count). The van der Waals surface area contributed by atoms with Gasteiger partial charge < -0.3 is 10.1 Å². The van der Waals surface area contributed by atoms with Crippen LogP contribution in [0, 0.1) is 6.92 Å². The minimum absolute atomic E-state index is 0.0245. The molecule has 0 radical (unpaired) electrons. The molecule has 1 atom stereocenters. The second kappa shape index (κ2) is 8.10. The summed E-state index contributed by atoms with van der Waals surface area (Å²) in [5, 5.41) is 7.38. The fourth-order valence-corrected chi connectivity index (χ4v) is 4.86. The first-order valence-corrected chi connectivity index (χ1v) is 10.9. The van der Waals surface area contributed by atoms with Gasteiger partial charge in [0.25, 0.3) is 5.91 Å². The van der Waals surface area contributed by atoms with Gasteiger partial charge in [0.2, 0.25) is 0 Å². The zero-order valence-electron chi connectivity index (χ0n) is 14.8. The predicted molar refractivity (Wildman–Crippen MR) is 105 cm³/mol. The largest absolute Gasteiger partial charge is 0.452 e. The molecule has 1 aromatic heterocycles. The maximum Gasteiger partial charge on any atom is 0.338 e. The fourth-order valence-electron chi connectivity index (χ4n) is 2.87. The molecule has 0 saturated carbocycles. The molecular weight excluding hydrogens is 429 g/mol. The number of aryl methyl sites for hydroxylation is 1. The van der Waals surface area contributed by atoms with E-state index in [-0.39, 0.29) is 28.1 Å². The molecule has 8 nitrogen and oxygen atoms in total. The number of sulfone groups is 1. The lowest BCUT2D eigenvalue weighted by Gasteiger charge is -2.14. The minimum Gasteiger partial charge on any atom is -0.452 e. The number of hydrogen-bond acceptors (Lipinski definition) is 6. The van der Waals surface area contributed by atoms with E-state index in [9.17, 15) is 18.0 Å². The van der Waals surface area contributed by atoms with E-state index in [1.165, 1.54) is 22.9 Å². The molecule has 2 aromatic rings. The lowest BCUT2D eigenvalue weighted by molar-refractivity contribution is -0.119. The van der Waals surface area contributed by atoms with E-state index in [1.54, 1.807) is 13.0 Å². The molecule has 1 N–H and O–H groups in total. The van der Waals surface area contributed by atoms with E-state index in [1.807, 2.05) is 0 Å². The van der Waals surface area contributed by atoms with Gasteiger partial charge in [0.05, 0.1) is 38.9 Å². The lowest BCUT2D eigenvalue weighted by atomic mass is 10.2. The second-order valence-corrected chi connectivity index (χ2v) is 9.47. The van der Waals surface area contributed by atoms with Crippen LogP contribution in [-0.2, 0) is 19.4 Å². The van der Waals surface area contributed by atoms with Crippen molar-refractivity contribution in [2.45, 2.75) is 19.4 Å². The number of nitrogens with one attached hydrogen (secondary N) is 1. The summed E-state index contributed by atoms with van der Waals surface area (Å²) in [6, 6.07) is 5.53. The summed E-state index contributed by atoms with van der Waals surface area (Å²) in [4.78, 5) is 24.2. The molecule has 1 fully saturated rings. The molecule has 11 heteroatoms. The van der Waals surface area contributed by atoms with Crippen LogP contribution in [0.1, 0.15) is 28.5 Å². The number of esters is 1. The van der Waals surface area contributed by atoms with E-state index in [4.69, 9.17) is 27.9 Å². The van der Waals surface area contributed by atoms with Crippen molar-refractivity contribution in [1.82, 2.24) is 9.78 Å². The highest BCUT2D eigenvalue weighted by molar-refractivity contribution is 7.91. The molecule has 150 valence electrons. The van der Waals surface area contributed by atoms with Gasteiger partial charge in [-0.3, -0.25) is 4.79 Å². The standard InChI is InChI=1S/C17H17Cl2N3O5S/c1-10-6-15(22(21-10)12-4-5-28(25,26)9-12)20-16(23)8-27-17(24)11-2-3-13(18)14(19)7-11/h2-3,6-7,12H,4-5,8-9H2,1H3,(H,20,23). The monoisotopic (exact) mass is 445 g/mol. The smallest absolute Gasteiger partial charge is 0.338 e. The average molecular weight is 446 g/mol. The highest BCUT2D eigenvalue weighted by Crippen LogP contribution is 2.27. The number of rotatable bonds is 5. The molecule has 0 bridgehead atoms. The summed E-state index contributed by atoms with van der Waals surface area (Å²) < 4.78 is 29.9. The van der Waals surface area contributed by atoms with Crippen LogP contribution in [0.25, 0.3) is 0 Å². The van der Waals surface area contributed by atoms with Gasteiger partial charge in [0.15, 0.2) is 16.4 Å². The van der Waals surface area contributed by atoms with Crippen molar-refractivity contribution in [1.29, 1.82) is 0 Å². The van der Waals surface area contributed by atoms with Crippen LogP contribution in [0.4, 0.5) is 5.82 Å². The number of carbonyl (C=O) groups excluding carboxylic acids is 2. The quantitative estimate of drug-likeness (QED) is 0.708. The molecule has 1 aliphatic rings. The molecule has 0 spiro atoms. The maximum atomic E-state index is 12.2. The van der Waals surface area contributed by atoms with Gasteiger partial charge in [0.1, 0.15) is 5.82 Å². The topological polar surface area (TPSA) is 107 Å². The molecule has 0 aliphatic carbocycles. The number of nitrogens with zero attached hydrogens (tertiary/aromatic N) is 2. The first-order chi connectivity index (χ1) is 13.1. The SMILES string of the molecule is Cc1cc(NC(=O)COC(=O)c2ccc(Cl)c(Cl)c2)n(C2CCS(=O)(=O)C2)n1. The lowest BCUT2D eigenvalue weighted by Crippen LogP contribution is -2.24. The summed E-state index contributed by atoms with van der Waals surface area (Å²) in [6.45, 7) is 1.21. The highest BCUT2D eigenvalue weighted by Gasteiger charge is 2.31. The molecule has 1 aliphatic heterocycles. The normalized spacial score (nSPS) is 18.0. The Balaban J connectivity index is 1.62. The van der Waals surface area contributed by atoms with E-state index < -0.39 is 28.3 Å². The first-order valence-electron chi connectivity index (χ1n) is 8.33. The number of benzene rings is 1. The molecule has 2 heterocycles. The van der Waals surface area contributed by atoms with Gasteiger partial charge in [-0.05, 0) is 31.5 Å². The van der Waals surface area contributed by atoms with Crippen molar-refractivity contribution in [3.8, 4) is 0 Å². The Morgan fingerprint density at radius 1 is 1.29 bits per heavy atom. The third-order valence-corrected chi connectivity index (χ3v) is 6.66. The minimum atomic E-state index is -3.10. The van der Waals surface area contributed by atoms with Gasteiger partial charge in [-0.1, -0.05) is 23.2 Å². The van der Waals surface area contributed by atoms with Crippen LogP contribution in [0.5, 0.6) is 0 Å². The third-order valence-electron chi connectivity index (χ3n) is 4.17. The number of carbonyl (C=O) groups is 2. The Kier molecular flexibility index (Phi) is 5.97. The molecular formula is C17H17Cl2N3O5S. The molecule has 1 saturated heterocycles.